The fourth-order valence-electron chi connectivity index (χ4n) is 4.83. The minimum atomic E-state index is -6.26. The third-order valence-corrected chi connectivity index (χ3v) is 8.27. The topological polar surface area (TPSA) is 134 Å². The molecule has 1 unspecified atom stereocenters. The third kappa shape index (κ3) is 8.87. The minimum absolute atomic E-state index is 0.0000730. The number of amides is 4. The molecule has 17 heteroatoms. The van der Waals surface area contributed by atoms with E-state index < -0.39 is 71.0 Å². The van der Waals surface area contributed by atoms with Gasteiger partial charge in [-0.15, -0.1) is 0 Å². The van der Waals surface area contributed by atoms with E-state index in [2.05, 4.69) is 14.8 Å². The first-order valence-electron chi connectivity index (χ1n) is 14.8. The van der Waals surface area contributed by atoms with Crippen molar-refractivity contribution in [2.45, 2.75) is 52.8 Å². The first-order chi connectivity index (χ1) is 21.9. The number of nitrogens with zero attached hydrogens (tertiary/aromatic N) is 2. The predicted octanol–water partition coefficient (Wildman–Crippen LogP) is 3.76. The molecular formula is C30H37F5N4O7S. The number of halogens is 5. The number of nitrogens with one attached hydrogen (secondary N) is 2. The van der Waals surface area contributed by atoms with Gasteiger partial charge in [0.05, 0.1) is 24.8 Å². The summed E-state index contributed by atoms with van der Waals surface area (Å²) in [5.41, 5.74) is -0.879. The molecule has 3 rings (SSSR count). The summed E-state index contributed by atoms with van der Waals surface area (Å²) in [6, 6.07) is 3.86. The van der Waals surface area contributed by atoms with Crippen LogP contribution < -0.4 is 10.0 Å². The Hall–Kier alpha value is -3.57. The highest BCUT2D eigenvalue weighted by Crippen LogP contribution is 2.45. The quantitative estimate of drug-likeness (QED) is 0.163. The zero-order chi connectivity index (χ0) is 35.3. The molecule has 1 aromatic carbocycles. The largest absolute Gasteiger partial charge is 0.461 e. The van der Waals surface area contributed by atoms with Crippen molar-refractivity contribution in [2.24, 2.45) is 17.8 Å². The Morgan fingerprint density at radius 2 is 1.57 bits per heavy atom. The number of hydrogen-bond acceptors (Lipinski definition) is 9. The molecule has 2 fully saturated rings. The number of carbonyl (C=O) groups excluding carboxylic acids is 5. The molecule has 0 aromatic heterocycles. The van der Waals surface area contributed by atoms with E-state index in [1.54, 1.807) is 4.90 Å². The summed E-state index contributed by atoms with van der Waals surface area (Å²) < 4.78 is 83.6. The Balaban J connectivity index is 2.06. The molecule has 2 aliphatic rings. The van der Waals surface area contributed by atoms with E-state index in [0.717, 1.165) is 25.8 Å². The maximum atomic E-state index is 15.0. The summed E-state index contributed by atoms with van der Waals surface area (Å²) in [6.07, 6.45) is -6.26. The van der Waals surface area contributed by atoms with Crippen molar-refractivity contribution in [3.05, 3.63) is 46.8 Å². The van der Waals surface area contributed by atoms with E-state index in [4.69, 9.17) is 4.74 Å². The SMILES string of the molecule is CC(=O)O/C(=C(\C(C)C)N(C(=O)C1CNSC1)C(=O)[C@@H](NC(=O)c1ccc(C(=O)N2CCOCC2)cc1)C(C)C)C(F)(F)C(F)(F)F. The lowest BCUT2D eigenvalue weighted by Gasteiger charge is -2.35. The molecule has 0 spiro atoms. The normalized spacial score (nSPS) is 18.5. The van der Waals surface area contributed by atoms with Gasteiger partial charge >= 0.3 is 18.1 Å². The fourth-order valence-corrected chi connectivity index (χ4v) is 5.73. The number of ether oxygens (including phenoxy) is 2. The van der Waals surface area contributed by atoms with Crippen molar-refractivity contribution in [2.75, 3.05) is 38.6 Å². The number of morpholine rings is 1. The van der Waals surface area contributed by atoms with Crippen molar-refractivity contribution in [3.8, 4) is 0 Å². The molecule has 47 heavy (non-hydrogen) atoms. The molecule has 2 N–H and O–H groups in total. The van der Waals surface area contributed by atoms with E-state index in [1.807, 2.05) is 0 Å². The standard InChI is InChI=1S/C30H37F5N4O7S/c1-16(2)22(37-25(41)19-6-8-20(9-7-19)26(42)38-10-12-45-13-11-38)28(44)39(27(43)21-14-36-47-15-21)23(17(3)4)24(46-18(5)40)29(31,32)30(33,34)35/h6-9,16-17,21-22,36H,10-15H2,1-5H3,(H,37,41)/b24-23+/t21?,22-/m0/s1. The van der Waals surface area contributed by atoms with Gasteiger partial charge in [-0.05, 0) is 36.1 Å². The van der Waals surface area contributed by atoms with Gasteiger partial charge in [-0.25, -0.2) is 4.90 Å². The second-order valence-corrected chi connectivity index (χ2v) is 12.5. The highest BCUT2D eigenvalue weighted by molar-refractivity contribution is 7.97. The van der Waals surface area contributed by atoms with Gasteiger partial charge in [0, 0.05) is 43.4 Å². The number of carbonyl (C=O) groups is 5. The van der Waals surface area contributed by atoms with Gasteiger partial charge in [0.2, 0.25) is 11.7 Å². The van der Waals surface area contributed by atoms with Crippen molar-refractivity contribution in [1.29, 1.82) is 0 Å². The number of hydrogen-bond donors (Lipinski definition) is 2. The number of benzene rings is 1. The van der Waals surface area contributed by atoms with Crippen LogP contribution in [0.25, 0.3) is 0 Å². The van der Waals surface area contributed by atoms with Gasteiger partial charge in [0.15, 0.2) is 0 Å². The first kappa shape index (κ1) is 37.9. The van der Waals surface area contributed by atoms with Crippen molar-refractivity contribution < 1.29 is 55.4 Å². The van der Waals surface area contributed by atoms with Gasteiger partial charge in [-0.3, -0.25) is 28.7 Å². The molecule has 1 aromatic rings. The number of rotatable bonds is 10. The van der Waals surface area contributed by atoms with Gasteiger partial charge < -0.3 is 19.7 Å². The maximum Gasteiger partial charge on any atom is 0.461 e. The van der Waals surface area contributed by atoms with Crippen LogP contribution in [0.3, 0.4) is 0 Å². The van der Waals surface area contributed by atoms with Crippen LogP contribution in [0.4, 0.5) is 22.0 Å². The summed E-state index contributed by atoms with van der Waals surface area (Å²) in [6.45, 7) is 7.38. The molecule has 2 atom stereocenters. The summed E-state index contributed by atoms with van der Waals surface area (Å²) in [5.74, 6) is -16.2. The number of alkyl halides is 5. The second kappa shape index (κ2) is 15.6. The number of esters is 1. The van der Waals surface area contributed by atoms with Crippen LogP contribution >= 0.6 is 11.9 Å². The summed E-state index contributed by atoms with van der Waals surface area (Å²) in [4.78, 5) is 67.7. The molecule has 4 amide bonds. The van der Waals surface area contributed by atoms with Gasteiger partial charge in [-0.1, -0.05) is 39.6 Å². The molecule has 2 saturated heterocycles. The molecule has 0 radical (unpaired) electrons. The molecule has 0 bridgehead atoms. The lowest BCUT2D eigenvalue weighted by molar-refractivity contribution is -0.276. The fraction of sp³-hybridized carbons (Fsp3) is 0.567. The molecule has 0 aliphatic carbocycles. The van der Waals surface area contributed by atoms with Crippen molar-refractivity contribution in [1.82, 2.24) is 19.8 Å². The molecular weight excluding hydrogens is 655 g/mol. The van der Waals surface area contributed by atoms with E-state index in [9.17, 15) is 37.1 Å². The lowest BCUT2D eigenvalue weighted by Crippen LogP contribution is -2.55. The zero-order valence-corrected chi connectivity index (χ0v) is 27.2. The summed E-state index contributed by atoms with van der Waals surface area (Å²) in [7, 11) is 0. The minimum Gasteiger partial charge on any atom is -0.422 e. The summed E-state index contributed by atoms with van der Waals surface area (Å²) >= 11 is 1.08. The molecule has 2 aliphatic heterocycles. The Morgan fingerprint density at radius 1 is 1.00 bits per heavy atom. The summed E-state index contributed by atoms with van der Waals surface area (Å²) in [5, 5.41) is 2.46. The number of allylic oxidation sites excluding steroid dienone is 2. The smallest absolute Gasteiger partial charge is 0.422 e. The Morgan fingerprint density at radius 3 is 2.04 bits per heavy atom. The molecule has 0 saturated carbocycles. The highest BCUT2D eigenvalue weighted by atomic mass is 32.2. The monoisotopic (exact) mass is 692 g/mol. The van der Waals surface area contributed by atoms with E-state index in [-0.39, 0.29) is 34.2 Å². The van der Waals surface area contributed by atoms with Crippen molar-refractivity contribution in [3.63, 3.8) is 0 Å². The van der Waals surface area contributed by atoms with Crippen molar-refractivity contribution >= 4 is 41.5 Å². The van der Waals surface area contributed by atoms with Crippen LogP contribution in [0.1, 0.15) is 55.3 Å². The van der Waals surface area contributed by atoms with Crippen LogP contribution in [0.15, 0.2) is 35.7 Å². The maximum absolute atomic E-state index is 15.0. The average Bonchev–Trinajstić information content (AvgIpc) is 3.55. The van der Waals surface area contributed by atoms with Crippen LogP contribution in [-0.2, 0) is 23.9 Å². The van der Waals surface area contributed by atoms with E-state index in [0.29, 0.717) is 33.2 Å². The van der Waals surface area contributed by atoms with Gasteiger partial charge in [0.1, 0.15) is 6.04 Å². The molecule has 11 nitrogen and oxygen atoms in total. The van der Waals surface area contributed by atoms with E-state index >= 15 is 8.78 Å². The predicted molar refractivity (Wildman–Crippen MR) is 160 cm³/mol. The molecule has 260 valence electrons. The third-order valence-electron chi connectivity index (χ3n) is 7.33. The average molecular weight is 693 g/mol. The Bertz CT molecular complexity index is 1370. The first-order valence-corrected chi connectivity index (χ1v) is 15.7. The Labute approximate surface area is 272 Å². The highest BCUT2D eigenvalue weighted by Gasteiger charge is 2.64. The zero-order valence-electron chi connectivity index (χ0n) is 26.4. The number of imide groups is 1. The molecule has 2 heterocycles. The van der Waals surface area contributed by atoms with E-state index in [1.165, 1.54) is 38.1 Å². The van der Waals surface area contributed by atoms with Gasteiger partial charge in [-0.2, -0.15) is 22.0 Å². The lowest BCUT2D eigenvalue weighted by atomic mass is 9.97. The van der Waals surface area contributed by atoms with Crippen LogP contribution in [0.5, 0.6) is 0 Å². The Kier molecular flexibility index (Phi) is 12.5. The van der Waals surface area contributed by atoms with Crippen LogP contribution in [0.2, 0.25) is 0 Å². The van der Waals surface area contributed by atoms with Crippen LogP contribution in [0, 0.1) is 17.8 Å². The van der Waals surface area contributed by atoms with Gasteiger partial charge in [0.25, 0.3) is 17.7 Å². The van der Waals surface area contributed by atoms with Crippen LogP contribution in [-0.4, -0.2) is 96.1 Å². The second-order valence-electron chi connectivity index (χ2n) is 11.6.